The molecule has 0 aromatic heterocycles. The number of sulfonamides is 1. The molecular weight excluding hydrogens is 504 g/mol. The molecule has 38 heavy (non-hydrogen) atoms. The quantitative estimate of drug-likeness (QED) is 0.336. The molecule has 9 heteroatoms. The minimum absolute atomic E-state index is 0.00196. The average Bonchev–Trinajstić information content (AvgIpc) is 2.92. The van der Waals surface area contributed by atoms with Gasteiger partial charge in [-0.25, -0.2) is 13.2 Å². The van der Waals surface area contributed by atoms with Gasteiger partial charge in [0.2, 0.25) is 10.0 Å². The van der Waals surface area contributed by atoms with E-state index in [0.29, 0.717) is 5.75 Å². The number of carbonyl (C=O) groups is 1. The number of amides is 1. The van der Waals surface area contributed by atoms with Gasteiger partial charge < -0.3 is 19.9 Å². The summed E-state index contributed by atoms with van der Waals surface area (Å²) in [5.74, 6) is 0.537. The number of methoxy groups -OCH3 is 1. The highest BCUT2D eigenvalue weighted by molar-refractivity contribution is 7.89. The Morgan fingerprint density at radius 3 is 2.03 bits per heavy atom. The van der Waals surface area contributed by atoms with Crippen molar-refractivity contribution in [3.63, 3.8) is 0 Å². The number of rotatable bonds is 13. The summed E-state index contributed by atoms with van der Waals surface area (Å²) >= 11 is 0. The van der Waals surface area contributed by atoms with Gasteiger partial charge in [-0.3, -0.25) is 0 Å². The predicted molar refractivity (Wildman–Crippen MR) is 146 cm³/mol. The Kier molecular flexibility index (Phi) is 10.7. The van der Waals surface area contributed by atoms with Crippen molar-refractivity contribution in [3.05, 3.63) is 96.1 Å². The summed E-state index contributed by atoms with van der Waals surface area (Å²) in [6.45, 7) is 4.01. The van der Waals surface area contributed by atoms with E-state index >= 15 is 0 Å². The van der Waals surface area contributed by atoms with E-state index in [1.807, 2.05) is 74.5 Å². The highest BCUT2D eigenvalue weighted by Crippen LogP contribution is 2.22. The van der Waals surface area contributed by atoms with Crippen LogP contribution in [0.15, 0.2) is 89.8 Å². The summed E-state index contributed by atoms with van der Waals surface area (Å²) in [6.07, 6.45) is -2.72. The van der Waals surface area contributed by atoms with E-state index in [1.165, 1.54) is 23.5 Å². The van der Waals surface area contributed by atoms with Gasteiger partial charge in [0, 0.05) is 26.1 Å². The number of nitrogens with one attached hydrogen (secondary N) is 1. The highest BCUT2D eigenvalue weighted by atomic mass is 32.2. The second-order valence-corrected chi connectivity index (χ2v) is 11.4. The molecule has 0 aliphatic heterocycles. The number of carbonyl (C=O) groups excluding carboxylic acids is 1. The van der Waals surface area contributed by atoms with Crippen LogP contribution in [0.25, 0.3) is 0 Å². The number of alkyl carbamates (subject to hydrolysis) is 1. The minimum Gasteiger partial charge on any atom is -0.497 e. The van der Waals surface area contributed by atoms with Crippen LogP contribution in [0.1, 0.15) is 25.0 Å². The van der Waals surface area contributed by atoms with Crippen molar-refractivity contribution in [2.75, 3.05) is 20.2 Å². The molecule has 2 N–H and O–H groups in total. The third-order valence-electron chi connectivity index (χ3n) is 5.90. The van der Waals surface area contributed by atoms with Crippen LogP contribution in [0.4, 0.5) is 4.79 Å². The van der Waals surface area contributed by atoms with Gasteiger partial charge in [-0.1, -0.05) is 74.5 Å². The van der Waals surface area contributed by atoms with E-state index < -0.39 is 28.3 Å². The first-order valence-electron chi connectivity index (χ1n) is 12.5. The van der Waals surface area contributed by atoms with E-state index in [-0.39, 0.29) is 36.9 Å². The second-order valence-electron chi connectivity index (χ2n) is 9.43. The Morgan fingerprint density at radius 1 is 0.895 bits per heavy atom. The highest BCUT2D eigenvalue weighted by Gasteiger charge is 2.32. The lowest BCUT2D eigenvalue weighted by Crippen LogP contribution is -2.46. The molecule has 8 nitrogen and oxygen atoms in total. The Morgan fingerprint density at radius 2 is 1.47 bits per heavy atom. The Balaban J connectivity index is 1.79. The number of hydrogen-bond acceptors (Lipinski definition) is 6. The van der Waals surface area contributed by atoms with Crippen LogP contribution in [0.2, 0.25) is 0 Å². The van der Waals surface area contributed by atoms with Gasteiger partial charge in [0.05, 0.1) is 12.0 Å². The second kappa shape index (κ2) is 13.9. The number of aliphatic hydroxyl groups excluding tert-OH is 1. The zero-order chi connectivity index (χ0) is 27.5. The molecule has 1 amide bonds. The van der Waals surface area contributed by atoms with Gasteiger partial charge in [0.1, 0.15) is 18.0 Å². The van der Waals surface area contributed by atoms with E-state index in [1.54, 1.807) is 12.1 Å². The summed E-state index contributed by atoms with van der Waals surface area (Å²) < 4.78 is 39.1. The Bertz CT molecular complexity index is 1240. The van der Waals surface area contributed by atoms with Crippen molar-refractivity contribution in [2.24, 2.45) is 5.92 Å². The van der Waals surface area contributed by atoms with Crippen LogP contribution < -0.4 is 10.1 Å². The molecule has 0 aliphatic carbocycles. The molecule has 3 aromatic carbocycles. The maximum Gasteiger partial charge on any atom is 0.407 e. The maximum absolute atomic E-state index is 13.5. The van der Waals surface area contributed by atoms with Crippen molar-refractivity contribution in [2.45, 2.75) is 43.9 Å². The number of aliphatic hydroxyl groups is 1. The van der Waals surface area contributed by atoms with Crippen LogP contribution in [0.3, 0.4) is 0 Å². The summed E-state index contributed by atoms with van der Waals surface area (Å²) in [4.78, 5) is 12.8. The largest absolute Gasteiger partial charge is 0.497 e. The lowest BCUT2D eigenvalue weighted by Gasteiger charge is -2.30. The number of ether oxygens (including phenoxy) is 2. The Labute approximate surface area is 225 Å². The molecule has 2 atom stereocenters. The van der Waals surface area contributed by atoms with Crippen molar-refractivity contribution in [3.8, 4) is 5.75 Å². The van der Waals surface area contributed by atoms with Crippen LogP contribution in [0.5, 0.6) is 5.75 Å². The SMILES string of the molecule is COc1ccc(S(=O)(=O)N(CC(C)C)CC(O)C(Cc2ccccc2)OC(=O)NCc2ccccc2)cc1. The van der Waals surface area contributed by atoms with Crippen LogP contribution in [0, 0.1) is 5.92 Å². The number of nitrogens with zero attached hydrogens (tertiary/aromatic N) is 1. The third kappa shape index (κ3) is 8.58. The summed E-state index contributed by atoms with van der Waals surface area (Å²) in [6, 6.07) is 24.8. The van der Waals surface area contributed by atoms with E-state index in [4.69, 9.17) is 9.47 Å². The summed E-state index contributed by atoms with van der Waals surface area (Å²) in [7, 11) is -2.43. The summed E-state index contributed by atoms with van der Waals surface area (Å²) in [5.41, 5.74) is 1.75. The van der Waals surface area contributed by atoms with Crippen LogP contribution in [-0.4, -0.2) is 56.3 Å². The molecule has 0 spiro atoms. The van der Waals surface area contributed by atoms with Crippen LogP contribution in [-0.2, 0) is 27.7 Å². The fraction of sp³-hybridized carbons (Fsp3) is 0.345. The minimum atomic E-state index is -3.94. The molecule has 3 aromatic rings. The fourth-order valence-corrected chi connectivity index (χ4v) is 5.57. The van der Waals surface area contributed by atoms with Gasteiger partial charge in [-0.15, -0.1) is 0 Å². The molecule has 0 saturated carbocycles. The average molecular weight is 541 g/mol. The first-order valence-corrected chi connectivity index (χ1v) is 14.0. The smallest absolute Gasteiger partial charge is 0.407 e. The molecule has 0 bridgehead atoms. The number of benzene rings is 3. The van der Waals surface area contributed by atoms with Crippen molar-refractivity contribution < 1.29 is 27.8 Å². The van der Waals surface area contributed by atoms with E-state index in [0.717, 1.165) is 11.1 Å². The molecule has 0 heterocycles. The van der Waals surface area contributed by atoms with E-state index in [2.05, 4.69) is 5.32 Å². The number of hydrogen-bond donors (Lipinski definition) is 2. The fourth-order valence-electron chi connectivity index (χ4n) is 3.95. The summed E-state index contributed by atoms with van der Waals surface area (Å²) in [5, 5.41) is 14.0. The first-order chi connectivity index (χ1) is 18.2. The molecule has 204 valence electrons. The van der Waals surface area contributed by atoms with Gasteiger partial charge in [0.25, 0.3) is 0 Å². The molecule has 3 rings (SSSR count). The normalized spacial score (nSPS) is 13.2. The molecule has 2 unspecified atom stereocenters. The predicted octanol–water partition coefficient (Wildman–Crippen LogP) is 4.24. The molecule has 0 radical (unpaired) electrons. The molecule has 0 aliphatic rings. The first kappa shape index (κ1) is 29.2. The molecular formula is C29H36N2O6S. The van der Waals surface area contributed by atoms with Crippen molar-refractivity contribution in [1.82, 2.24) is 9.62 Å². The van der Waals surface area contributed by atoms with Gasteiger partial charge in [0.15, 0.2) is 0 Å². The van der Waals surface area contributed by atoms with Gasteiger partial charge >= 0.3 is 6.09 Å². The lowest BCUT2D eigenvalue weighted by atomic mass is 10.0. The van der Waals surface area contributed by atoms with Crippen molar-refractivity contribution >= 4 is 16.1 Å². The third-order valence-corrected chi connectivity index (χ3v) is 7.75. The molecule has 0 saturated heterocycles. The van der Waals surface area contributed by atoms with Crippen LogP contribution >= 0.6 is 0 Å². The van der Waals surface area contributed by atoms with Gasteiger partial charge in [-0.2, -0.15) is 4.31 Å². The lowest BCUT2D eigenvalue weighted by molar-refractivity contribution is -0.00530. The standard InChI is InChI=1S/C29H36N2O6S/c1-22(2)20-31(38(34,35)26-16-14-25(36-3)15-17-26)21-27(32)28(18-23-10-6-4-7-11-23)37-29(33)30-19-24-12-8-5-9-13-24/h4-17,22,27-28,32H,18-21H2,1-3H3,(H,30,33). The Hall–Kier alpha value is -3.40. The maximum atomic E-state index is 13.5. The van der Waals surface area contributed by atoms with Crippen molar-refractivity contribution in [1.29, 1.82) is 0 Å². The zero-order valence-corrected chi connectivity index (χ0v) is 22.8. The van der Waals surface area contributed by atoms with Gasteiger partial charge in [-0.05, 0) is 41.3 Å². The zero-order valence-electron chi connectivity index (χ0n) is 22.0. The topological polar surface area (TPSA) is 105 Å². The monoisotopic (exact) mass is 540 g/mol. The van der Waals surface area contributed by atoms with E-state index in [9.17, 15) is 18.3 Å². The molecule has 0 fully saturated rings.